The molecule has 2 aromatic rings. The van der Waals surface area contributed by atoms with Crippen LogP contribution >= 0.6 is 0 Å². The third-order valence-electron chi connectivity index (χ3n) is 6.22. The largest absolute Gasteiger partial charge is 0.493 e. The number of alkyl halides is 3. The van der Waals surface area contributed by atoms with Gasteiger partial charge in [-0.1, -0.05) is 13.0 Å². The number of anilines is 1. The molecule has 2 heterocycles. The highest BCUT2D eigenvalue weighted by Crippen LogP contribution is 2.55. The lowest BCUT2D eigenvalue weighted by Crippen LogP contribution is -2.47. The first-order chi connectivity index (χ1) is 16.3. The fourth-order valence-electron chi connectivity index (χ4n) is 4.07. The highest BCUT2D eigenvalue weighted by Gasteiger charge is 2.66. The number of halogens is 6. The fraction of sp³-hybridized carbons (Fsp3) is 0.455. The average molecular weight is 508 g/mol. The Hall–Kier alpha value is -2.90. The molecule has 0 aliphatic carbocycles. The lowest BCUT2D eigenvalue weighted by atomic mass is 9.77. The molecule has 3 rings (SSSR count). The van der Waals surface area contributed by atoms with Crippen molar-refractivity contribution in [2.75, 3.05) is 19.0 Å². The van der Waals surface area contributed by atoms with Gasteiger partial charge in [-0.25, -0.2) is 8.78 Å². The monoisotopic (exact) mass is 508 g/mol. The minimum Gasteiger partial charge on any atom is -0.493 e. The van der Waals surface area contributed by atoms with Gasteiger partial charge in [0.25, 0.3) is 5.91 Å². The SMILES string of the molecule is COc1c([C@H]2[C@H](C(=O)Nc3cc([C@@H](O)CO)ncc3F)O[C@@](C)(C(F)(F)F)[C@H]2C)ccc(F)c1F. The molecule has 1 amide bonds. The number of aliphatic hydroxyl groups excluding tert-OH is 2. The van der Waals surface area contributed by atoms with Gasteiger partial charge in [0, 0.05) is 17.4 Å². The van der Waals surface area contributed by atoms with Crippen molar-refractivity contribution in [3.63, 3.8) is 0 Å². The molecule has 0 bridgehead atoms. The predicted octanol–water partition coefficient (Wildman–Crippen LogP) is 3.61. The Balaban J connectivity index is 2.08. The molecule has 13 heteroatoms. The van der Waals surface area contributed by atoms with Crippen LogP contribution in [0.15, 0.2) is 24.4 Å². The van der Waals surface area contributed by atoms with Crippen LogP contribution in [0.5, 0.6) is 5.75 Å². The number of benzene rings is 1. The first-order valence-electron chi connectivity index (χ1n) is 10.3. The number of methoxy groups -OCH3 is 1. The van der Waals surface area contributed by atoms with Gasteiger partial charge in [-0.2, -0.15) is 17.6 Å². The molecule has 0 spiro atoms. The van der Waals surface area contributed by atoms with E-state index in [1.54, 1.807) is 0 Å². The molecule has 0 saturated carbocycles. The third kappa shape index (κ3) is 4.67. The fourth-order valence-corrected chi connectivity index (χ4v) is 4.07. The summed E-state index contributed by atoms with van der Waals surface area (Å²) in [7, 11) is 0.986. The minimum atomic E-state index is -4.97. The van der Waals surface area contributed by atoms with Crippen molar-refractivity contribution in [3.05, 3.63) is 53.1 Å². The first-order valence-corrected chi connectivity index (χ1v) is 10.3. The van der Waals surface area contributed by atoms with Crippen molar-refractivity contribution in [3.8, 4) is 5.75 Å². The van der Waals surface area contributed by atoms with Gasteiger partial charge in [0.2, 0.25) is 5.82 Å². The number of rotatable bonds is 6. The summed E-state index contributed by atoms with van der Waals surface area (Å²) in [6.45, 7) is 1.08. The number of nitrogens with one attached hydrogen (secondary N) is 1. The van der Waals surface area contributed by atoms with Gasteiger partial charge >= 0.3 is 6.18 Å². The number of carbonyl (C=O) groups is 1. The van der Waals surface area contributed by atoms with Gasteiger partial charge in [-0.05, 0) is 19.1 Å². The summed E-state index contributed by atoms with van der Waals surface area (Å²) in [6, 6.07) is 2.57. The first kappa shape index (κ1) is 26.7. The van der Waals surface area contributed by atoms with Crippen molar-refractivity contribution >= 4 is 11.6 Å². The number of aromatic nitrogens is 1. The van der Waals surface area contributed by atoms with Gasteiger partial charge in [0.1, 0.15) is 12.2 Å². The van der Waals surface area contributed by atoms with Gasteiger partial charge in [-0.3, -0.25) is 9.78 Å². The van der Waals surface area contributed by atoms with E-state index in [1.807, 2.05) is 0 Å². The molecule has 5 atom stereocenters. The Kier molecular flexibility index (Phi) is 7.34. The molecular weight excluding hydrogens is 486 g/mol. The Labute approximate surface area is 195 Å². The second-order valence-electron chi connectivity index (χ2n) is 8.22. The van der Waals surface area contributed by atoms with E-state index in [0.717, 1.165) is 26.2 Å². The Morgan fingerprint density at radius 1 is 1.29 bits per heavy atom. The molecule has 0 unspecified atom stereocenters. The van der Waals surface area contributed by atoms with Crippen molar-refractivity contribution in [1.29, 1.82) is 0 Å². The van der Waals surface area contributed by atoms with Crippen molar-refractivity contribution in [2.45, 2.75) is 43.8 Å². The number of amides is 1. The van der Waals surface area contributed by atoms with E-state index in [0.29, 0.717) is 19.2 Å². The van der Waals surface area contributed by atoms with Crippen LogP contribution in [0.25, 0.3) is 0 Å². The van der Waals surface area contributed by atoms with Gasteiger partial charge in [-0.15, -0.1) is 0 Å². The molecule has 1 aliphatic heterocycles. The number of pyridine rings is 1. The summed E-state index contributed by atoms with van der Waals surface area (Å²) in [6.07, 6.45) is -7.78. The van der Waals surface area contributed by atoms with E-state index in [2.05, 4.69) is 10.3 Å². The molecule has 3 N–H and O–H groups in total. The Morgan fingerprint density at radius 2 is 1.94 bits per heavy atom. The van der Waals surface area contributed by atoms with Crippen LogP contribution in [-0.4, -0.2) is 52.7 Å². The lowest BCUT2D eigenvalue weighted by Gasteiger charge is -2.32. The predicted molar refractivity (Wildman–Crippen MR) is 109 cm³/mol. The molecular formula is C22H22F6N2O5. The number of ether oxygens (including phenoxy) is 2. The van der Waals surface area contributed by atoms with E-state index in [-0.39, 0.29) is 11.3 Å². The summed E-state index contributed by atoms with van der Waals surface area (Å²) < 4.78 is 94.5. The Bertz CT molecular complexity index is 1110. The zero-order valence-electron chi connectivity index (χ0n) is 18.7. The minimum absolute atomic E-state index is 0.219. The van der Waals surface area contributed by atoms with Crippen LogP contribution in [0.4, 0.5) is 32.0 Å². The average Bonchev–Trinajstić information content (AvgIpc) is 3.08. The molecule has 1 saturated heterocycles. The highest BCUT2D eigenvalue weighted by molar-refractivity contribution is 5.95. The number of aliphatic hydroxyl groups is 2. The maximum absolute atomic E-state index is 14.4. The quantitative estimate of drug-likeness (QED) is 0.516. The van der Waals surface area contributed by atoms with Crippen molar-refractivity contribution in [1.82, 2.24) is 4.98 Å². The lowest BCUT2D eigenvalue weighted by molar-refractivity contribution is -0.272. The molecule has 7 nitrogen and oxygen atoms in total. The summed E-state index contributed by atoms with van der Waals surface area (Å²) in [5.41, 5.74) is -3.91. The smallest absolute Gasteiger partial charge is 0.417 e. The number of hydrogen-bond acceptors (Lipinski definition) is 6. The normalized spacial score (nSPS) is 25.4. The summed E-state index contributed by atoms with van der Waals surface area (Å²) >= 11 is 0. The maximum Gasteiger partial charge on any atom is 0.417 e. The second-order valence-corrected chi connectivity index (χ2v) is 8.22. The molecule has 35 heavy (non-hydrogen) atoms. The molecule has 1 aliphatic rings. The van der Waals surface area contributed by atoms with Crippen LogP contribution < -0.4 is 10.1 Å². The molecule has 1 aromatic heterocycles. The Morgan fingerprint density at radius 3 is 2.51 bits per heavy atom. The van der Waals surface area contributed by atoms with Crippen LogP contribution in [0.2, 0.25) is 0 Å². The van der Waals surface area contributed by atoms with E-state index in [4.69, 9.17) is 14.6 Å². The molecule has 1 aromatic carbocycles. The summed E-state index contributed by atoms with van der Waals surface area (Å²) in [5.74, 6) is -8.76. The van der Waals surface area contributed by atoms with Crippen LogP contribution in [0.1, 0.15) is 37.1 Å². The summed E-state index contributed by atoms with van der Waals surface area (Å²) in [5, 5.41) is 20.9. The molecule has 1 fully saturated rings. The van der Waals surface area contributed by atoms with Crippen LogP contribution in [-0.2, 0) is 9.53 Å². The molecule has 192 valence electrons. The topological polar surface area (TPSA) is 101 Å². The van der Waals surface area contributed by atoms with Crippen molar-refractivity contribution < 1.29 is 50.8 Å². The van der Waals surface area contributed by atoms with Gasteiger partial charge in [0.15, 0.2) is 23.0 Å². The van der Waals surface area contributed by atoms with Gasteiger partial charge < -0.3 is 25.0 Å². The van der Waals surface area contributed by atoms with Crippen LogP contribution in [0.3, 0.4) is 0 Å². The van der Waals surface area contributed by atoms with Crippen LogP contribution in [0, 0.1) is 23.4 Å². The number of nitrogens with zero attached hydrogens (tertiary/aromatic N) is 1. The number of carbonyl (C=O) groups excluding carboxylic acids is 1. The number of hydrogen-bond donors (Lipinski definition) is 3. The third-order valence-corrected chi connectivity index (χ3v) is 6.22. The maximum atomic E-state index is 14.4. The van der Waals surface area contributed by atoms with E-state index in [9.17, 15) is 36.2 Å². The highest BCUT2D eigenvalue weighted by atomic mass is 19.4. The van der Waals surface area contributed by atoms with Gasteiger partial charge in [0.05, 0.1) is 31.3 Å². The molecule has 0 radical (unpaired) electrons. The standard InChI is InChI=1S/C22H22F6N2O5/c1-9-16(10-4-5-11(23)17(25)18(10)34-3)19(35-21(9,2)22(26,27)28)20(33)30-13-6-14(15(32)8-31)29-7-12(13)24/h4-7,9,15-16,19,31-32H,8H2,1-3H3,(H,29,30,33)/t9-,15-,16-,19+,21+/m0/s1. The summed E-state index contributed by atoms with van der Waals surface area (Å²) in [4.78, 5) is 16.7. The second kappa shape index (κ2) is 9.63. The van der Waals surface area contributed by atoms with E-state index < -0.39 is 77.2 Å². The van der Waals surface area contributed by atoms with E-state index in [1.165, 1.54) is 0 Å². The van der Waals surface area contributed by atoms with Crippen molar-refractivity contribution in [2.24, 2.45) is 5.92 Å². The zero-order valence-corrected chi connectivity index (χ0v) is 18.7. The van der Waals surface area contributed by atoms with E-state index >= 15 is 0 Å². The zero-order chi connectivity index (χ0) is 26.3.